The van der Waals surface area contributed by atoms with Gasteiger partial charge in [0.05, 0.1) is 13.2 Å². The molecule has 4 unspecified atom stereocenters. The van der Waals surface area contributed by atoms with Gasteiger partial charge in [0.15, 0.2) is 0 Å². The first-order chi connectivity index (χ1) is 14.7. The van der Waals surface area contributed by atoms with E-state index >= 15 is 0 Å². The normalized spacial score (nSPS) is 21.5. The maximum Gasteiger partial charge on any atom is 0.114 e. The van der Waals surface area contributed by atoms with Crippen molar-refractivity contribution in [2.75, 3.05) is 13.2 Å². The highest BCUT2D eigenvalue weighted by molar-refractivity contribution is 9.11. The molecule has 0 radical (unpaired) electrons. The van der Waals surface area contributed by atoms with Crippen LogP contribution in [0, 0.1) is 0 Å². The number of hydrogen-bond donors (Lipinski definition) is 0. The summed E-state index contributed by atoms with van der Waals surface area (Å²) in [5.41, 5.74) is 6.21. The first-order valence-electron chi connectivity index (χ1n) is 9.85. The summed E-state index contributed by atoms with van der Waals surface area (Å²) in [7, 11) is 0. The minimum absolute atomic E-state index is 0.00299. The molecule has 2 aliphatic heterocycles. The predicted molar refractivity (Wildman–Crippen MR) is 139 cm³/mol. The molecule has 2 saturated heterocycles. The highest BCUT2D eigenvalue weighted by atomic mass is 79.9. The van der Waals surface area contributed by atoms with Crippen LogP contribution in [-0.2, 0) is 14.2 Å². The van der Waals surface area contributed by atoms with Gasteiger partial charge in [-0.25, -0.2) is 0 Å². The summed E-state index contributed by atoms with van der Waals surface area (Å²) in [6.45, 7) is 13.4. The Morgan fingerprint density at radius 2 is 1.06 bits per heavy atom. The first-order valence-corrected chi connectivity index (χ1v) is 13.0. The van der Waals surface area contributed by atoms with E-state index in [0.717, 1.165) is 51.3 Å². The van der Waals surface area contributed by atoms with E-state index in [1.807, 2.05) is 13.8 Å². The predicted octanol–water partition coefficient (Wildman–Crippen LogP) is 8.40. The highest BCUT2D eigenvalue weighted by Gasteiger charge is 2.44. The van der Waals surface area contributed by atoms with Crippen LogP contribution in [0.3, 0.4) is 0 Å². The molecule has 3 nitrogen and oxygen atoms in total. The summed E-state index contributed by atoms with van der Waals surface area (Å²) in [4.78, 5) is 0. The summed E-state index contributed by atoms with van der Waals surface area (Å²) in [5.74, 6) is 0. The molecule has 2 heterocycles. The zero-order valence-corrected chi connectivity index (χ0v) is 23.5. The van der Waals surface area contributed by atoms with Crippen molar-refractivity contribution in [3.63, 3.8) is 0 Å². The molecule has 0 amide bonds. The van der Waals surface area contributed by atoms with E-state index in [1.54, 1.807) is 0 Å². The molecule has 2 fully saturated rings. The Bertz CT molecular complexity index is 927. The third kappa shape index (κ3) is 5.29. The zero-order valence-electron chi connectivity index (χ0n) is 17.2. The third-order valence-electron chi connectivity index (χ3n) is 5.40. The fourth-order valence-electron chi connectivity index (χ4n) is 3.51. The van der Waals surface area contributed by atoms with Crippen molar-refractivity contribution in [3.8, 4) is 0 Å². The Labute approximate surface area is 216 Å². The summed E-state index contributed by atoms with van der Waals surface area (Å²) < 4.78 is 22.0. The molecule has 7 heteroatoms. The standard InChI is InChI=1S/C24H22Br4O3/c1-11(2)13-5-15(25)21(16(26)6-13)23(19-9-29-19)31-24(20-10-30-20)22-17(27)7-14(12(3)4)8-18(22)28/h5-8,19-20,23-24H,1,3,9-10H2,2,4H3. The Balaban J connectivity index is 1.73. The van der Waals surface area contributed by atoms with Crippen molar-refractivity contribution < 1.29 is 14.2 Å². The molecular formula is C24H22Br4O3. The number of benzene rings is 2. The molecule has 2 aliphatic rings. The first kappa shape index (κ1) is 23.9. The van der Waals surface area contributed by atoms with Gasteiger partial charge in [0, 0.05) is 29.0 Å². The largest absolute Gasteiger partial charge is 0.370 e. The fourth-order valence-corrected chi connectivity index (χ4v) is 6.78. The molecule has 2 aromatic carbocycles. The van der Waals surface area contributed by atoms with Crippen LogP contribution < -0.4 is 0 Å². The number of epoxide rings is 2. The Morgan fingerprint density at radius 3 is 1.29 bits per heavy atom. The van der Waals surface area contributed by atoms with Crippen LogP contribution in [0.1, 0.15) is 48.3 Å². The molecular weight excluding hydrogens is 656 g/mol. The quantitative estimate of drug-likeness (QED) is 0.263. The lowest BCUT2D eigenvalue weighted by Gasteiger charge is -2.27. The average molecular weight is 678 g/mol. The fraction of sp³-hybridized carbons (Fsp3) is 0.333. The van der Waals surface area contributed by atoms with Gasteiger partial charge in [0.25, 0.3) is 0 Å². The van der Waals surface area contributed by atoms with E-state index < -0.39 is 0 Å². The van der Waals surface area contributed by atoms with Gasteiger partial charge in [-0.2, -0.15) is 0 Å². The van der Waals surface area contributed by atoms with Gasteiger partial charge in [-0.15, -0.1) is 0 Å². The number of hydrogen-bond acceptors (Lipinski definition) is 3. The van der Waals surface area contributed by atoms with Crippen molar-refractivity contribution in [3.05, 3.63) is 77.6 Å². The van der Waals surface area contributed by atoms with Crippen LogP contribution in [0.2, 0.25) is 0 Å². The van der Waals surface area contributed by atoms with E-state index in [4.69, 9.17) is 14.2 Å². The van der Waals surface area contributed by atoms with E-state index in [0.29, 0.717) is 13.2 Å². The van der Waals surface area contributed by atoms with Gasteiger partial charge >= 0.3 is 0 Å². The second-order valence-corrected chi connectivity index (χ2v) is 11.4. The number of ether oxygens (including phenoxy) is 3. The van der Waals surface area contributed by atoms with Crippen molar-refractivity contribution in [1.82, 2.24) is 0 Å². The van der Waals surface area contributed by atoms with Gasteiger partial charge in [0.1, 0.15) is 24.4 Å². The minimum Gasteiger partial charge on any atom is -0.370 e. The second-order valence-electron chi connectivity index (χ2n) is 7.99. The van der Waals surface area contributed by atoms with E-state index in [9.17, 15) is 0 Å². The number of rotatable bonds is 8. The topological polar surface area (TPSA) is 34.3 Å². The molecule has 0 saturated carbocycles. The van der Waals surface area contributed by atoms with Crippen molar-refractivity contribution in [1.29, 1.82) is 0 Å². The third-order valence-corrected chi connectivity index (χ3v) is 8.02. The SMILES string of the molecule is C=C(C)c1cc(Br)c(C(OC(c2c(Br)cc(C(=C)C)cc2Br)C2CO2)C2CO2)c(Br)c1. The van der Waals surface area contributed by atoms with Crippen molar-refractivity contribution in [2.45, 2.75) is 38.3 Å². The lowest BCUT2D eigenvalue weighted by atomic mass is 9.99. The monoisotopic (exact) mass is 674 g/mol. The minimum atomic E-state index is -0.253. The van der Waals surface area contributed by atoms with Gasteiger partial charge in [-0.1, -0.05) is 88.0 Å². The molecule has 0 spiro atoms. The van der Waals surface area contributed by atoms with Gasteiger partial charge < -0.3 is 14.2 Å². The Kier molecular flexibility index (Phi) is 7.34. The summed E-state index contributed by atoms with van der Waals surface area (Å²) >= 11 is 15.0. The molecule has 4 atom stereocenters. The number of allylic oxidation sites excluding steroid dienone is 2. The van der Waals surface area contributed by atoms with E-state index in [2.05, 4.69) is 101 Å². The van der Waals surface area contributed by atoms with Crippen LogP contribution in [-0.4, -0.2) is 25.4 Å². The van der Waals surface area contributed by atoms with Crippen LogP contribution in [0.25, 0.3) is 11.1 Å². The van der Waals surface area contributed by atoms with Crippen molar-refractivity contribution >= 4 is 74.9 Å². The zero-order chi connectivity index (χ0) is 22.4. The second kappa shape index (κ2) is 9.53. The van der Waals surface area contributed by atoms with Gasteiger partial charge in [-0.3, -0.25) is 0 Å². The smallest absolute Gasteiger partial charge is 0.114 e. The van der Waals surface area contributed by atoms with E-state index in [1.165, 1.54) is 0 Å². The van der Waals surface area contributed by atoms with Crippen LogP contribution in [0.15, 0.2) is 55.3 Å². The molecule has 164 valence electrons. The van der Waals surface area contributed by atoms with Crippen LogP contribution in [0.4, 0.5) is 0 Å². The maximum atomic E-state index is 6.78. The molecule has 0 aromatic heterocycles. The van der Waals surface area contributed by atoms with Gasteiger partial charge in [-0.05, 0) is 49.2 Å². The molecule has 2 aromatic rings. The molecule has 0 N–H and O–H groups in total. The Hall–Kier alpha value is -0.280. The number of halogens is 4. The molecule has 0 aliphatic carbocycles. The van der Waals surface area contributed by atoms with Crippen LogP contribution >= 0.6 is 63.7 Å². The summed E-state index contributed by atoms with van der Waals surface area (Å²) in [6, 6.07) is 8.32. The molecule has 0 bridgehead atoms. The summed E-state index contributed by atoms with van der Waals surface area (Å²) in [5, 5.41) is 0. The maximum absolute atomic E-state index is 6.78. The molecule has 4 rings (SSSR count). The molecule has 31 heavy (non-hydrogen) atoms. The Morgan fingerprint density at radius 1 is 0.774 bits per heavy atom. The highest BCUT2D eigenvalue weighted by Crippen LogP contribution is 2.48. The van der Waals surface area contributed by atoms with Crippen molar-refractivity contribution in [2.24, 2.45) is 0 Å². The summed E-state index contributed by atoms with van der Waals surface area (Å²) in [6.07, 6.45) is -0.512. The average Bonchev–Trinajstić information content (AvgIpc) is 3.58. The van der Waals surface area contributed by atoms with E-state index in [-0.39, 0.29) is 24.4 Å². The van der Waals surface area contributed by atoms with Gasteiger partial charge in [0.2, 0.25) is 0 Å². The lowest BCUT2D eigenvalue weighted by molar-refractivity contribution is -0.0432. The van der Waals surface area contributed by atoms with Crippen LogP contribution in [0.5, 0.6) is 0 Å². The lowest BCUT2D eigenvalue weighted by Crippen LogP contribution is -2.20.